The monoisotopic (exact) mass is 269 g/mol. The highest BCUT2D eigenvalue weighted by Crippen LogP contribution is 2.28. The predicted octanol–water partition coefficient (Wildman–Crippen LogP) is 2.96. The van der Waals surface area contributed by atoms with E-state index in [1.807, 2.05) is 43.3 Å². The van der Waals surface area contributed by atoms with Crippen LogP contribution < -0.4 is 10.9 Å². The van der Waals surface area contributed by atoms with Crippen molar-refractivity contribution in [3.8, 4) is 5.75 Å². The van der Waals surface area contributed by atoms with E-state index < -0.39 is 0 Å². The topological polar surface area (TPSA) is 70.3 Å². The second-order valence-electron chi connectivity index (χ2n) is 4.55. The van der Waals surface area contributed by atoms with Gasteiger partial charge in [0.15, 0.2) is 5.58 Å². The van der Waals surface area contributed by atoms with E-state index in [0.29, 0.717) is 17.7 Å². The number of phenols is 1. The molecule has 0 spiro atoms. The Bertz CT molecular complexity index is 723. The summed E-state index contributed by atoms with van der Waals surface area (Å²) >= 11 is 0. The molecule has 0 bridgehead atoms. The van der Waals surface area contributed by atoms with Crippen LogP contribution in [-0.4, -0.2) is 10.3 Å². The Morgan fingerprint density at radius 1 is 1.15 bits per heavy atom. The minimum atomic E-state index is 0.191. The molecule has 0 amide bonds. The van der Waals surface area contributed by atoms with Gasteiger partial charge in [-0.15, -0.1) is 0 Å². The number of para-hydroxylation sites is 1. The Balaban J connectivity index is 1.79. The summed E-state index contributed by atoms with van der Waals surface area (Å²) in [6, 6.07) is 13.2. The molecule has 20 heavy (non-hydrogen) atoms. The number of hydrogen-bond acceptors (Lipinski definition) is 5. The molecule has 0 aliphatic heterocycles. The van der Waals surface area contributed by atoms with Crippen molar-refractivity contribution in [2.24, 2.45) is 0 Å². The van der Waals surface area contributed by atoms with Crippen LogP contribution in [0.5, 0.6) is 5.75 Å². The SMILES string of the molecule is Cc1noc2c(CNNc3ccccc3)c(O)ccc12. The standard InChI is InChI=1S/C15H15N3O2/c1-10-12-7-8-14(19)13(15(12)20-18-10)9-16-17-11-5-3-2-4-6-11/h2-8,16-17,19H,9H2,1H3. The summed E-state index contributed by atoms with van der Waals surface area (Å²) in [7, 11) is 0. The van der Waals surface area contributed by atoms with E-state index in [4.69, 9.17) is 4.52 Å². The summed E-state index contributed by atoms with van der Waals surface area (Å²) in [5.41, 5.74) is 9.20. The van der Waals surface area contributed by atoms with E-state index in [-0.39, 0.29) is 5.75 Å². The van der Waals surface area contributed by atoms with Gasteiger partial charge >= 0.3 is 0 Å². The molecule has 0 saturated heterocycles. The highest BCUT2D eigenvalue weighted by atomic mass is 16.5. The first-order valence-electron chi connectivity index (χ1n) is 6.36. The first-order valence-corrected chi connectivity index (χ1v) is 6.36. The summed E-state index contributed by atoms with van der Waals surface area (Å²) in [6.45, 7) is 2.30. The molecule has 3 aromatic rings. The molecule has 3 N–H and O–H groups in total. The smallest absolute Gasteiger partial charge is 0.175 e. The summed E-state index contributed by atoms with van der Waals surface area (Å²) in [5, 5.41) is 14.8. The number of aromatic hydroxyl groups is 1. The van der Waals surface area contributed by atoms with Crippen molar-refractivity contribution in [2.45, 2.75) is 13.5 Å². The first-order chi connectivity index (χ1) is 9.75. The summed E-state index contributed by atoms with van der Waals surface area (Å²) < 4.78 is 5.29. The molecule has 0 aliphatic carbocycles. The lowest BCUT2D eigenvalue weighted by atomic mass is 10.1. The van der Waals surface area contributed by atoms with Gasteiger partial charge in [0.1, 0.15) is 5.75 Å². The van der Waals surface area contributed by atoms with Crippen molar-refractivity contribution in [3.05, 3.63) is 53.7 Å². The summed E-state index contributed by atoms with van der Waals surface area (Å²) in [5.74, 6) is 0.191. The number of aromatic nitrogens is 1. The molecule has 3 rings (SSSR count). The number of fused-ring (bicyclic) bond motifs is 1. The number of phenolic OH excluding ortho intramolecular Hbond substituents is 1. The third-order valence-electron chi connectivity index (χ3n) is 3.17. The number of anilines is 1. The third kappa shape index (κ3) is 2.31. The number of nitrogens with zero attached hydrogens (tertiary/aromatic N) is 1. The zero-order chi connectivity index (χ0) is 13.9. The normalized spacial score (nSPS) is 10.8. The molecule has 0 unspecified atom stereocenters. The average Bonchev–Trinajstić information content (AvgIpc) is 2.84. The van der Waals surface area contributed by atoms with Gasteiger partial charge in [-0.25, -0.2) is 5.43 Å². The Morgan fingerprint density at radius 3 is 2.75 bits per heavy atom. The number of aryl methyl sites for hydroxylation is 1. The van der Waals surface area contributed by atoms with Crippen LogP contribution in [0.15, 0.2) is 47.0 Å². The zero-order valence-corrected chi connectivity index (χ0v) is 11.1. The minimum absolute atomic E-state index is 0.191. The quantitative estimate of drug-likeness (QED) is 0.635. The third-order valence-corrected chi connectivity index (χ3v) is 3.17. The van der Waals surface area contributed by atoms with Crippen LogP contribution in [0.25, 0.3) is 11.0 Å². The van der Waals surface area contributed by atoms with E-state index in [1.165, 1.54) is 0 Å². The van der Waals surface area contributed by atoms with E-state index in [9.17, 15) is 5.11 Å². The number of rotatable bonds is 4. The van der Waals surface area contributed by atoms with Gasteiger partial charge in [-0.1, -0.05) is 23.4 Å². The van der Waals surface area contributed by atoms with Gasteiger partial charge in [0.05, 0.1) is 11.3 Å². The van der Waals surface area contributed by atoms with Crippen LogP contribution in [0.1, 0.15) is 11.3 Å². The lowest BCUT2D eigenvalue weighted by Crippen LogP contribution is -2.20. The maximum atomic E-state index is 9.96. The minimum Gasteiger partial charge on any atom is -0.507 e. The highest BCUT2D eigenvalue weighted by Gasteiger charge is 2.13. The molecule has 2 aromatic carbocycles. The first kappa shape index (κ1) is 12.5. The molecular weight excluding hydrogens is 254 g/mol. The van der Waals surface area contributed by atoms with Gasteiger partial charge in [-0.3, -0.25) is 0 Å². The van der Waals surface area contributed by atoms with E-state index >= 15 is 0 Å². The second kappa shape index (κ2) is 5.22. The van der Waals surface area contributed by atoms with Crippen LogP contribution in [0.4, 0.5) is 5.69 Å². The maximum absolute atomic E-state index is 9.96. The van der Waals surface area contributed by atoms with Gasteiger partial charge in [-0.05, 0) is 31.2 Å². The maximum Gasteiger partial charge on any atom is 0.175 e. The number of benzene rings is 2. The van der Waals surface area contributed by atoms with Gasteiger partial charge in [0.2, 0.25) is 0 Å². The van der Waals surface area contributed by atoms with Crippen molar-refractivity contribution >= 4 is 16.7 Å². The molecule has 1 aromatic heterocycles. The Labute approximate surface area is 116 Å². The average molecular weight is 269 g/mol. The molecule has 0 fully saturated rings. The van der Waals surface area contributed by atoms with Gasteiger partial charge in [0.25, 0.3) is 0 Å². The van der Waals surface area contributed by atoms with Crippen LogP contribution in [-0.2, 0) is 6.54 Å². The second-order valence-corrected chi connectivity index (χ2v) is 4.55. The van der Waals surface area contributed by atoms with Gasteiger partial charge in [0, 0.05) is 17.6 Å². The fraction of sp³-hybridized carbons (Fsp3) is 0.133. The summed E-state index contributed by atoms with van der Waals surface area (Å²) in [4.78, 5) is 0. The van der Waals surface area contributed by atoms with Crippen LogP contribution in [0, 0.1) is 6.92 Å². The van der Waals surface area contributed by atoms with Crippen molar-refractivity contribution in [1.29, 1.82) is 0 Å². The molecule has 0 aliphatic rings. The van der Waals surface area contributed by atoms with Crippen LogP contribution in [0.3, 0.4) is 0 Å². The van der Waals surface area contributed by atoms with Crippen LogP contribution >= 0.6 is 0 Å². The molecule has 5 nitrogen and oxygen atoms in total. The summed E-state index contributed by atoms with van der Waals surface area (Å²) in [6.07, 6.45) is 0. The van der Waals surface area contributed by atoms with Crippen molar-refractivity contribution < 1.29 is 9.63 Å². The van der Waals surface area contributed by atoms with Gasteiger partial charge in [-0.2, -0.15) is 0 Å². The Kier molecular flexibility index (Phi) is 3.26. The molecule has 0 radical (unpaired) electrons. The molecular formula is C15H15N3O2. The molecule has 1 heterocycles. The van der Waals surface area contributed by atoms with Crippen molar-refractivity contribution in [1.82, 2.24) is 10.6 Å². The molecule has 5 heteroatoms. The number of hydrogen-bond donors (Lipinski definition) is 3. The van der Waals surface area contributed by atoms with E-state index in [0.717, 1.165) is 16.8 Å². The fourth-order valence-electron chi connectivity index (χ4n) is 2.10. The number of nitrogens with one attached hydrogen (secondary N) is 2. The van der Waals surface area contributed by atoms with E-state index in [2.05, 4.69) is 16.0 Å². The zero-order valence-electron chi connectivity index (χ0n) is 11.1. The van der Waals surface area contributed by atoms with Crippen LogP contribution in [0.2, 0.25) is 0 Å². The lowest BCUT2D eigenvalue weighted by molar-refractivity contribution is 0.437. The largest absolute Gasteiger partial charge is 0.507 e. The van der Waals surface area contributed by atoms with Crippen molar-refractivity contribution in [3.63, 3.8) is 0 Å². The molecule has 0 saturated carbocycles. The predicted molar refractivity (Wildman–Crippen MR) is 77.3 cm³/mol. The number of hydrazine groups is 1. The van der Waals surface area contributed by atoms with Gasteiger partial charge < -0.3 is 15.1 Å². The molecule has 102 valence electrons. The lowest BCUT2D eigenvalue weighted by Gasteiger charge is -2.09. The molecule has 0 atom stereocenters. The Hall–Kier alpha value is -2.53. The highest BCUT2D eigenvalue weighted by molar-refractivity contribution is 5.84. The fourth-order valence-corrected chi connectivity index (χ4v) is 2.10. The van der Waals surface area contributed by atoms with Crippen molar-refractivity contribution in [2.75, 3.05) is 5.43 Å². The Morgan fingerprint density at radius 2 is 1.95 bits per heavy atom. The van der Waals surface area contributed by atoms with E-state index in [1.54, 1.807) is 6.07 Å².